The Labute approximate surface area is 117 Å². The van der Waals surface area contributed by atoms with E-state index in [0.29, 0.717) is 30.5 Å². The van der Waals surface area contributed by atoms with Crippen LogP contribution in [0.1, 0.15) is 5.56 Å². The van der Waals surface area contributed by atoms with Crippen LogP contribution >= 0.6 is 23.2 Å². The summed E-state index contributed by atoms with van der Waals surface area (Å²) in [6.07, 6.45) is -0.504. The van der Waals surface area contributed by atoms with E-state index in [1.807, 2.05) is 6.92 Å². The summed E-state index contributed by atoms with van der Waals surface area (Å²) in [5, 5.41) is 0. The van der Waals surface area contributed by atoms with Crippen LogP contribution in [-0.2, 0) is 0 Å². The average molecular weight is 290 g/mol. The number of nitrogens with zero attached hydrogens (tertiary/aromatic N) is 1. The van der Waals surface area contributed by atoms with Crippen molar-refractivity contribution in [3.63, 3.8) is 0 Å². The molecule has 1 rings (SSSR count). The van der Waals surface area contributed by atoms with E-state index in [0.717, 1.165) is 5.56 Å². The van der Waals surface area contributed by atoms with E-state index in [9.17, 15) is 4.79 Å². The molecule has 4 nitrogen and oxygen atoms in total. The first kappa shape index (κ1) is 14.9. The number of halogens is 2. The normalized spacial score (nSPS) is 10.2. The van der Waals surface area contributed by atoms with Crippen molar-refractivity contribution in [2.45, 2.75) is 6.92 Å². The van der Waals surface area contributed by atoms with Gasteiger partial charge in [-0.2, -0.15) is 0 Å². The summed E-state index contributed by atoms with van der Waals surface area (Å²) in [6, 6.07) is 6.20. The van der Waals surface area contributed by atoms with E-state index < -0.39 is 6.09 Å². The van der Waals surface area contributed by atoms with Crippen molar-refractivity contribution >= 4 is 35.0 Å². The molecule has 0 saturated heterocycles. The summed E-state index contributed by atoms with van der Waals surface area (Å²) in [7, 11) is 0. The van der Waals surface area contributed by atoms with Crippen LogP contribution in [-0.4, -0.2) is 35.8 Å². The molecule has 0 aliphatic carbocycles. The Bertz CT molecular complexity index is 407. The summed E-state index contributed by atoms with van der Waals surface area (Å²) in [5.74, 6) is 0.939. The molecule has 18 heavy (non-hydrogen) atoms. The molecule has 0 atom stereocenters. The van der Waals surface area contributed by atoms with Crippen molar-refractivity contribution in [3.8, 4) is 5.75 Å². The summed E-state index contributed by atoms with van der Waals surface area (Å²) >= 11 is 11.2. The topological polar surface area (TPSA) is 55.6 Å². The van der Waals surface area contributed by atoms with Crippen LogP contribution in [0.4, 0.5) is 10.5 Å². The number of amides is 1. The summed E-state index contributed by atoms with van der Waals surface area (Å²) in [4.78, 5) is 13.2. The minimum atomic E-state index is -0.504. The van der Waals surface area contributed by atoms with Gasteiger partial charge in [0.05, 0.1) is 6.07 Å². The van der Waals surface area contributed by atoms with Crippen LogP contribution in [0, 0.1) is 13.0 Å². The Morgan fingerprint density at radius 2 is 2.00 bits per heavy atom. The minimum Gasteiger partial charge on any atom is -0.409 e. The van der Waals surface area contributed by atoms with Crippen LogP contribution < -0.4 is 10.5 Å². The van der Waals surface area contributed by atoms with Crippen LogP contribution in [0.15, 0.2) is 12.1 Å². The number of rotatable bonds is 5. The van der Waals surface area contributed by atoms with Gasteiger partial charge in [-0.1, -0.05) is 6.07 Å². The molecule has 0 aliphatic heterocycles. The van der Waals surface area contributed by atoms with Gasteiger partial charge >= 0.3 is 6.09 Å². The van der Waals surface area contributed by atoms with Gasteiger partial charge in [0.1, 0.15) is 5.75 Å². The monoisotopic (exact) mass is 289 g/mol. The smallest absolute Gasteiger partial charge is 0.409 e. The van der Waals surface area contributed by atoms with Crippen LogP contribution in [0.3, 0.4) is 0 Å². The Kier molecular flexibility index (Phi) is 6.09. The third-order valence-corrected chi connectivity index (χ3v) is 2.67. The van der Waals surface area contributed by atoms with Gasteiger partial charge in [0.2, 0.25) is 0 Å². The third kappa shape index (κ3) is 4.27. The largest absolute Gasteiger partial charge is 0.415 e. The SMILES string of the molecule is Cc1ccc(OC(=O)N(CCCl)CCCl)[c]c1N. The zero-order valence-corrected chi connectivity index (χ0v) is 11.6. The molecule has 2 N–H and O–H groups in total. The number of hydrogen-bond acceptors (Lipinski definition) is 3. The van der Waals surface area contributed by atoms with Gasteiger partial charge in [0.15, 0.2) is 0 Å². The van der Waals surface area contributed by atoms with E-state index in [1.165, 1.54) is 4.90 Å². The van der Waals surface area contributed by atoms with Crippen LogP contribution in [0.25, 0.3) is 0 Å². The van der Waals surface area contributed by atoms with Gasteiger partial charge in [-0.05, 0) is 18.6 Å². The van der Waals surface area contributed by atoms with Crippen molar-refractivity contribution in [3.05, 3.63) is 23.8 Å². The average Bonchev–Trinajstić information content (AvgIpc) is 2.33. The lowest BCUT2D eigenvalue weighted by molar-refractivity contribution is 0.158. The number of carbonyl (C=O) groups excluding carboxylic acids is 1. The standard InChI is InChI=1S/C12H15Cl2N2O2/c1-9-2-3-10(8-11(9)15)18-12(17)16(6-4-13)7-5-14/h2-3H,4-7,15H2,1H3. The molecule has 6 heteroatoms. The predicted octanol–water partition coefficient (Wildman–Crippen LogP) is 2.66. The number of nitrogens with two attached hydrogens (primary N) is 1. The number of nitrogen functional groups attached to an aromatic ring is 1. The fraction of sp³-hybridized carbons (Fsp3) is 0.417. The van der Waals surface area contributed by atoms with E-state index in [2.05, 4.69) is 6.07 Å². The fourth-order valence-electron chi connectivity index (χ4n) is 1.28. The molecule has 0 bridgehead atoms. The maximum Gasteiger partial charge on any atom is 0.415 e. The second-order valence-corrected chi connectivity index (χ2v) is 4.41. The molecule has 0 spiro atoms. The lowest BCUT2D eigenvalue weighted by atomic mass is 10.2. The molecule has 0 aliphatic rings. The summed E-state index contributed by atoms with van der Waals surface area (Å²) < 4.78 is 5.15. The Morgan fingerprint density at radius 3 is 2.50 bits per heavy atom. The third-order valence-electron chi connectivity index (χ3n) is 2.33. The second kappa shape index (κ2) is 7.34. The molecule has 0 aromatic heterocycles. The highest BCUT2D eigenvalue weighted by Crippen LogP contribution is 2.18. The molecule has 1 radical (unpaired) electrons. The Balaban J connectivity index is 2.69. The maximum absolute atomic E-state index is 11.8. The van der Waals surface area contributed by atoms with Crippen molar-refractivity contribution < 1.29 is 9.53 Å². The predicted molar refractivity (Wildman–Crippen MR) is 73.5 cm³/mol. The molecule has 0 fully saturated rings. The van der Waals surface area contributed by atoms with Gasteiger partial charge in [0.25, 0.3) is 0 Å². The number of alkyl halides is 2. The second-order valence-electron chi connectivity index (χ2n) is 3.65. The van der Waals surface area contributed by atoms with Gasteiger partial charge in [-0.3, -0.25) is 0 Å². The molecule has 0 saturated carbocycles. The number of aryl methyl sites for hydroxylation is 1. The molecular weight excluding hydrogens is 275 g/mol. The lowest BCUT2D eigenvalue weighted by Crippen LogP contribution is -2.36. The van der Waals surface area contributed by atoms with Crippen molar-refractivity contribution in [1.82, 2.24) is 4.90 Å². The number of hydrogen-bond donors (Lipinski definition) is 1. The maximum atomic E-state index is 11.8. The minimum absolute atomic E-state index is 0.289. The molecule has 1 aromatic carbocycles. The van der Waals surface area contributed by atoms with Crippen LogP contribution in [0.2, 0.25) is 0 Å². The Hall–Kier alpha value is -1.13. The first-order valence-corrected chi connectivity index (χ1v) is 6.52. The number of benzene rings is 1. The van der Waals surface area contributed by atoms with Gasteiger partial charge in [-0.15, -0.1) is 23.2 Å². The highest BCUT2D eigenvalue weighted by Gasteiger charge is 2.15. The van der Waals surface area contributed by atoms with E-state index in [4.69, 9.17) is 33.7 Å². The summed E-state index contributed by atoms with van der Waals surface area (Å²) in [6.45, 7) is 2.62. The van der Waals surface area contributed by atoms with Crippen molar-refractivity contribution in [1.29, 1.82) is 0 Å². The Morgan fingerprint density at radius 1 is 1.39 bits per heavy atom. The van der Waals surface area contributed by atoms with Crippen molar-refractivity contribution in [2.75, 3.05) is 30.6 Å². The van der Waals surface area contributed by atoms with Crippen molar-refractivity contribution in [2.24, 2.45) is 0 Å². The van der Waals surface area contributed by atoms with Gasteiger partial charge in [0, 0.05) is 30.5 Å². The number of carbonyl (C=O) groups is 1. The van der Waals surface area contributed by atoms with Gasteiger partial charge in [-0.25, -0.2) is 4.79 Å². The zero-order chi connectivity index (χ0) is 13.5. The first-order chi connectivity index (χ1) is 8.58. The van der Waals surface area contributed by atoms with Crippen LogP contribution in [0.5, 0.6) is 5.75 Å². The fourth-order valence-corrected chi connectivity index (χ4v) is 1.69. The summed E-state index contributed by atoms with van der Waals surface area (Å²) in [5.41, 5.74) is 7.03. The molecule has 0 unspecified atom stereocenters. The number of ether oxygens (including phenoxy) is 1. The lowest BCUT2D eigenvalue weighted by Gasteiger charge is -2.19. The zero-order valence-electron chi connectivity index (χ0n) is 10.1. The molecular formula is C12H15Cl2N2O2. The molecule has 0 heterocycles. The highest BCUT2D eigenvalue weighted by molar-refractivity contribution is 6.18. The van der Waals surface area contributed by atoms with E-state index in [-0.39, 0.29) is 5.75 Å². The molecule has 1 amide bonds. The van der Waals surface area contributed by atoms with E-state index in [1.54, 1.807) is 12.1 Å². The molecule has 99 valence electrons. The highest BCUT2D eigenvalue weighted by atomic mass is 35.5. The number of anilines is 1. The van der Waals surface area contributed by atoms with Gasteiger partial charge < -0.3 is 15.4 Å². The quantitative estimate of drug-likeness (QED) is 0.670. The van der Waals surface area contributed by atoms with E-state index >= 15 is 0 Å². The first-order valence-electron chi connectivity index (χ1n) is 5.45. The molecule has 1 aromatic rings.